The highest BCUT2D eigenvalue weighted by atomic mass is 35.5. The van der Waals surface area contributed by atoms with E-state index in [1.54, 1.807) is 23.1 Å². The Morgan fingerprint density at radius 3 is 2.28 bits per heavy atom. The predicted octanol–water partition coefficient (Wildman–Crippen LogP) is 4.00. The first-order valence-corrected chi connectivity index (χ1v) is 8.74. The normalized spacial score (nSPS) is 10.9. The van der Waals surface area contributed by atoms with Crippen molar-refractivity contribution < 1.29 is 9.18 Å². The van der Waals surface area contributed by atoms with Crippen LogP contribution in [0.2, 0.25) is 5.02 Å². The molecule has 0 unspecified atom stereocenters. The average Bonchev–Trinajstić information content (AvgIpc) is 2.59. The molecule has 0 bridgehead atoms. The minimum Gasteiger partial charge on any atom is -0.337 e. The molecule has 2 aromatic carbocycles. The highest BCUT2D eigenvalue weighted by Crippen LogP contribution is 2.18. The number of hydrogen-bond acceptors (Lipinski definition) is 2. The van der Waals surface area contributed by atoms with Crippen LogP contribution in [0, 0.1) is 5.82 Å². The van der Waals surface area contributed by atoms with Crippen LogP contribution in [0.15, 0.2) is 48.5 Å². The third-order valence-corrected chi connectivity index (χ3v) is 4.42. The number of carbonyl (C=O) groups excluding carboxylic acids is 1. The maximum Gasteiger partial charge on any atom is 0.223 e. The molecule has 0 aromatic heterocycles. The van der Waals surface area contributed by atoms with E-state index < -0.39 is 0 Å². The molecule has 0 heterocycles. The minimum absolute atomic E-state index is 0.00465. The van der Waals surface area contributed by atoms with Gasteiger partial charge in [-0.25, -0.2) is 4.39 Å². The first-order chi connectivity index (χ1) is 12.0. The molecular formula is C20H24ClFN2O. The summed E-state index contributed by atoms with van der Waals surface area (Å²) in [6, 6.07) is 14.1. The second-order valence-corrected chi connectivity index (χ2v) is 6.71. The van der Waals surface area contributed by atoms with Gasteiger partial charge in [-0.2, -0.15) is 0 Å². The fourth-order valence-corrected chi connectivity index (χ4v) is 2.78. The van der Waals surface area contributed by atoms with Gasteiger partial charge in [-0.05, 0) is 38.2 Å². The maximum atomic E-state index is 14.0. The van der Waals surface area contributed by atoms with Crippen LogP contribution < -0.4 is 0 Å². The maximum absolute atomic E-state index is 14.0. The Bertz CT molecular complexity index is 706. The van der Waals surface area contributed by atoms with Gasteiger partial charge in [-0.3, -0.25) is 4.79 Å². The van der Waals surface area contributed by atoms with E-state index in [0.29, 0.717) is 30.0 Å². The van der Waals surface area contributed by atoms with Crippen molar-refractivity contribution in [2.24, 2.45) is 0 Å². The summed E-state index contributed by atoms with van der Waals surface area (Å²) in [5.74, 6) is -0.277. The van der Waals surface area contributed by atoms with Gasteiger partial charge in [-0.1, -0.05) is 48.0 Å². The van der Waals surface area contributed by atoms with Gasteiger partial charge < -0.3 is 9.80 Å². The molecule has 0 saturated carbocycles. The Hall–Kier alpha value is -1.91. The van der Waals surface area contributed by atoms with E-state index in [1.807, 2.05) is 43.3 Å². The van der Waals surface area contributed by atoms with Crippen molar-refractivity contribution in [3.8, 4) is 0 Å². The highest BCUT2D eigenvalue weighted by molar-refractivity contribution is 6.31. The molecule has 0 atom stereocenters. The van der Waals surface area contributed by atoms with Crippen LogP contribution in [0.4, 0.5) is 4.39 Å². The summed E-state index contributed by atoms with van der Waals surface area (Å²) in [6.07, 6.45) is 0.930. The van der Waals surface area contributed by atoms with E-state index in [0.717, 1.165) is 12.1 Å². The lowest BCUT2D eigenvalue weighted by molar-refractivity contribution is -0.132. The third-order valence-electron chi connectivity index (χ3n) is 4.05. The molecule has 1 amide bonds. The summed E-state index contributed by atoms with van der Waals surface area (Å²) in [5.41, 5.74) is 1.49. The zero-order chi connectivity index (χ0) is 18.2. The first kappa shape index (κ1) is 19.4. The molecule has 0 fully saturated rings. The van der Waals surface area contributed by atoms with Gasteiger partial charge in [0.15, 0.2) is 0 Å². The molecular weight excluding hydrogens is 339 g/mol. The van der Waals surface area contributed by atoms with Gasteiger partial charge in [0.2, 0.25) is 5.91 Å². The predicted molar refractivity (Wildman–Crippen MR) is 100 cm³/mol. The number of benzene rings is 2. The minimum atomic E-state index is -0.281. The first-order valence-electron chi connectivity index (χ1n) is 8.36. The van der Waals surface area contributed by atoms with Gasteiger partial charge in [-0.15, -0.1) is 0 Å². The van der Waals surface area contributed by atoms with Crippen molar-refractivity contribution in [3.63, 3.8) is 0 Å². The van der Waals surface area contributed by atoms with Crippen molar-refractivity contribution in [2.45, 2.75) is 19.4 Å². The molecule has 2 rings (SSSR count). The van der Waals surface area contributed by atoms with Gasteiger partial charge in [0.05, 0.1) is 0 Å². The Labute approximate surface area is 154 Å². The Morgan fingerprint density at radius 2 is 1.64 bits per heavy atom. The van der Waals surface area contributed by atoms with Gasteiger partial charge in [0.1, 0.15) is 5.82 Å². The summed E-state index contributed by atoms with van der Waals surface area (Å²) in [6.45, 7) is 1.57. The number of halogens is 2. The van der Waals surface area contributed by atoms with Crippen molar-refractivity contribution >= 4 is 17.5 Å². The van der Waals surface area contributed by atoms with Gasteiger partial charge >= 0.3 is 0 Å². The van der Waals surface area contributed by atoms with E-state index >= 15 is 0 Å². The molecule has 25 heavy (non-hydrogen) atoms. The summed E-state index contributed by atoms with van der Waals surface area (Å²) in [5, 5.41) is 0.671. The number of hydrogen-bond donors (Lipinski definition) is 0. The van der Waals surface area contributed by atoms with Gasteiger partial charge in [0, 0.05) is 36.6 Å². The van der Waals surface area contributed by atoms with Crippen molar-refractivity contribution in [2.75, 3.05) is 27.2 Å². The largest absolute Gasteiger partial charge is 0.337 e. The molecule has 2 aromatic rings. The second kappa shape index (κ2) is 9.54. The number of likely N-dealkylation sites (N-methyl/N-ethyl adjacent to an activating group) is 1. The van der Waals surface area contributed by atoms with E-state index in [9.17, 15) is 9.18 Å². The van der Waals surface area contributed by atoms with E-state index in [2.05, 4.69) is 0 Å². The Kier molecular flexibility index (Phi) is 7.41. The van der Waals surface area contributed by atoms with Gasteiger partial charge in [0.25, 0.3) is 0 Å². The fourth-order valence-electron chi connectivity index (χ4n) is 2.55. The van der Waals surface area contributed by atoms with Crippen LogP contribution in [0.5, 0.6) is 0 Å². The molecule has 0 N–H and O–H groups in total. The summed E-state index contributed by atoms with van der Waals surface area (Å²) in [7, 11) is 3.91. The number of amides is 1. The Morgan fingerprint density at radius 1 is 1.00 bits per heavy atom. The zero-order valence-corrected chi connectivity index (χ0v) is 15.5. The van der Waals surface area contributed by atoms with Crippen molar-refractivity contribution in [3.05, 3.63) is 70.5 Å². The zero-order valence-electron chi connectivity index (χ0n) is 14.7. The number of aryl methyl sites for hydroxylation is 1. The van der Waals surface area contributed by atoms with E-state index in [-0.39, 0.29) is 18.3 Å². The Balaban J connectivity index is 2.04. The van der Waals surface area contributed by atoms with Crippen LogP contribution in [0.3, 0.4) is 0 Å². The molecule has 0 radical (unpaired) electrons. The lowest BCUT2D eigenvalue weighted by Gasteiger charge is -2.25. The fraction of sp³-hybridized carbons (Fsp3) is 0.350. The SMILES string of the molecule is CN(C)CCN(Cc1ccccc1F)C(=O)CCc1ccccc1Cl. The molecule has 0 saturated heterocycles. The van der Waals surface area contributed by atoms with Crippen LogP contribution in [0.1, 0.15) is 17.5 Å². The summed E-state index contributed by atoms with van der Waals surface area (Å²) in [4.78, 5) is 16.4. The smallest absolute Gasteiger partial charge is 0.223 e. The standard InChI is InChI=1S/C20H24ClFN2O/c1-23(2)13-14-24(15-17-8-4-6-10-19(17)22)20(25)12-11-16-7-3-5-9-18(16)21/h3-10H,11-15H2,1-2H3. The lowest BCUT2D eigenvalue weighted by atomic mass is 10.1. The number of rotatable bonds is 8. The molecule has 0 aliphatic carbocycles. The average molecular weight is 363 g/mol. The molecule has 134 valence electrons. The van der Waals surface area contributed by atoms with E-state index in [4.69, 9.17) is 11.6 Å². The molecule has 0 spiro atoms. The third kappa shape index (κ3) is 6.15. The quantitative estimate of drug-likeness (QED) is 0.708. The molecule has 0 aliphatic rings. The second-order valence-electron chi connectivity index (χ2n) is 6.30. The van der Waals surface area contributed by atoms with Crippen LogP contribution in [-0.2, 0) is 17.8 Å². The topological polar surface area (TPSA) is 23.6 Å². The number of carbonyl (C=O) groups is 1. The lowest BCUT2D eigenvalue weighted by Crippen LogP contribution is -2.36. The molecule has 5 heteroatoms. The molecule has 3 nitrogen and oxygen atoms in total. The highest BCUT2D eigenvalue weighted by Gasteiger charge is 2.16. The van der Waals surface area contributed by atoms with Crippen LogP contribution in [-0.4, -0.2) is 42.9 Å². The van der Waals surface area contributed by atoms with Crippen LogP contribution in [0.25, 0.3) is 0 Å². The van der Waals surface area contributed by atoms with Crippen molar-refractivity contribution in [1.82, 2.24) is 9.80 Å². The molecule has 0 aliphatic heterocycles. The summed E-state index contributed by atoms with van der Waals surface area (Å²) >= 11 is 6.16. The van der Waals surface area contributed by atoms with Crippen LogP contribution >= 0.6 is 11.6 Å². The monoisotopic (exact) mass is 362 g/mol. The van der Waals surface area contributed by atoms with E-state index in [1.165, 1.54) is 6.07 Å². The number of nitrogens with zero attached hydrogens (tertiary/aromatic N) is 2. The van der Waals surface area contributed by atoms with Crippen molar-refractivity contribution in [1.29, 1.82) is 0 Å². The summed E-state index contributed by atoms with van der Waals surface area (Å²) < 4.78 is 14.0.